The average molecular weight is 224 g/mol. The maximum absolute atomic E-state index is 11.4. The molecule has 0 unspecified atom stereocenters. The molecule has 4 heteroatoms. The number of hydrogen-bond donors (Lipinski definition) is 0. The third-order valence-electron chi connectivity index (χ3n) is 2.36. The van der Waals surface area contributed by atoms with E-state index in [1.54, 1.807) is 26.4 Å². The van der Waals surface area contributed by atoms with Crippen LogP contribution in [0.25, 0.3) is 0 Å². The molecule has 0 amide bonds. The fraction of sp³-hybridized carbons (Fsp3) is 0.417. The normalized spacial score (nSPS) is 9.75. The Bertz CT molecular complexity index is 360. The van der Waals surface area contributed by atoms with Crippen molar-refractivity contribution in [1.82, 2.24) is 0 Å². The molecule has 0 bridgehead atoms. The molecular formula is C12H16O4. The number of aryl methyl sites for hydroxylation is 1. The highest BCUT2D eigenvalue weighted by atomic mass is 16.5. The lowest BCUT2D eigenvalue weighted by atomic mass is 10.1. The molecule has 0 atom stereocenters. The van der Waals surface area contributed by atoms with Crippen LogP contribution in [0.3, 0.4) is 0 Å². The van der Waals surface area contributed by atoms with Gasteiger partial charge in [0.2, 0.25) is 0 Å². The Labute approximate surface area is 95.1 Å². The van der Waals surface area contributed by atoms with E-state index in [1.165, 1.54) is 7.11 Å². The summed E-state index contributed by atoms with van der Waals surface area (Å²) in [5.41, 5.74) is 1.39. The number of methoxy groups -OCH3 is 3. The molecule has 0 aliphatic rings. The molecular weight excluding hydrogens is 208 g/mol. The zero-order chi connectivity index (χ0) is 12.1. The number of ether oxygens (including phenoxy) is 3. The number of carbonyl (C=O) groups excluding carboxylic acids is 1. The molecule has 0 aliphatic heterocycles. The van der Waals surface area contributed by atoms with E-state index >= 15 is 0 Å². The summed E-state index contributed by atoms with van der Waals surface area (Å²) in [6.45, 7) is 1.98. The Morgan fingerprint density at radius 3 is 2.31 bits per heavy atom. The van der Waals surface area contributed by atoms with E-state index in [4.69, 9.17) is 9.47 Å². The van der Waals surface area contributed by atoms with Crippen LogP contribution in [0.4, 0.5) is 0 Å². The molecule has 0 radical (unpaired) electrons. The van der Waals surface area contributed by atoms with Crippen molar-refractivity contribution in [2.24, 2.45) is 0 Å². The Morgan fingerprint density at radius 1 is 1.19 bits per heavy atom. The van der Waals surface area contributed by atoms with Crippen LogP contribution in [0, 0.1) is 0 Å². The van der Waals surface area contributed by atoms with Gasteiger partial charge in [-0.1, -0.05) is 6.92 Å². The largest absolute Gasteiger partial charge is 0.493 e. The Balaban J connectivity index is 3.31. The standard InChI is InChI=1S/C12H16O4/c1-5-8-6-9(12(13)16-4)7-10(14-2)11(8)15-3/h6-7H,5H2,1-4H3. The van der Waals surface area contributed by atoms with Gasteiger partial charge >= 0.3 is 5.97 Å². The van der Waals surface area contributed by atoms with Crippen molar-refractivity contribution in [2.45, 2.75) is 13.3 Å². The molecule has 0 N–H and O–H groups in total. The van der Waals surface area contributed by atoms with Crippen molar-refractivity contribution >= 4 is 5.97 Å². The number of benzene rings is 1. The highest BCUT2D eigenvalue weighted by molar-refractivity contribution is 5.90. The van der Waals surface area contributed by atoms with E-state index in [2.05, 4.69) is 4.74 Å². The second-order valence-electron chi connectivity index (χ2n) is 3.22. The molecule has 88 valence electrons. The minimum absolute atomic E-state index is 0.379. The van der Waals surface area contributed by atoms with Crippen molar-refractivity contribution < 1.29 is 19.0 Å². The lowest BCUT2D eigenvalue weighted by molar-refractivity contribution is 0.0600. The molecule has 0 aromatic heterocycles. The Kier molecular flexibility index (Phi) is 4.17. The van der Waals surface area contributed by atoms with Crippen LogP contribution >= 0.6 is 0 Å². The van der Waals surface area contributed by atoms with E-state index in [0.717, 1.165) is 12.0 Å². The lowest BCUT2D eigenvalue weighted by Crippen LogP contribution is -2.04. The number of carbonyl (C=O) groups is 1. The first-order valence-electron chi connectivity index (χ1n) is 5.01. The fourth-order valence-electron chi connectivity index (χ4n) is 1.54. The summed E-state index contributed by atoms with van der Waals surface area (Å²) in [5.74, 6) is 0.829. The van der Waals surface area contributed by atoms with Crippen LogP contribution in [-0.2, 0) is 11.2 Å². The van der Waals surface area contributed by atoms with E-state index < -0.39 is 0 Å². The van der Waals surface area contributed by atoms with Crippen molar-refractivity contribution in [2.75, 3.05) is 21.3 Å². The quantitative estimate of drug-likeness (QED) is 0.734. The van der Waals surface area contributed by atoms with Crippen LogP contribution in [0.1, 0.15) is 22.8 Å². The minimum atomic E-state index is -0.379. The van der Waals surface area contributed by atoms with E-state index in [1.807, 2.05) is 6.92 Å². The third-order valence-corrected chi connectivity index (χ3v) is 2.36. The SMILES string of the molecule is CCc1cc(C(=O)OC)cc(OC)c1OC. The first-order chi connectivity index (χ1) is 7.67. The van der Waals surface area contributed by atoms with Gasteiger partial charge in [0.25, 0.3) is 0 Å². The minimum Gasteiger partial charge on any atom is -0.493 e. The smallest absolute Gasteiger partial charge is 0.337 e. The van der Waals surface area contributed by atoms with E-state index in [-0.39, 0.29) is 5.97 Å². The summed E-state index contributed by atoms with van der Waals surface area (Å²) in [6.07, 6.45) is 0.754. The molecule has 1 aromatic rings. The van der Waals surface area contributed by atoms with E-state index in [0.29, 0.717) is 17.1 Å². The van der Waals surface area contributed by atoms with Gasteiger partial charge in [-0.3, -0.25) is 0 Å². The van der Waals surface area contributed by atoms with Crippen LogP contribution in [0.5, 0.6) is 11.5 Å². The topological polar surface area (TPSA) is 44.8 Å². The van der Waals surface area contributed by atoms with Crippen molar-refractivity contribution in [3.63, 3.8) is 0 Å². The predicted molar refractivity (Wildman–Crippen MR) is 60.3 cm³/mol. The van der Waals surface area contributed by atoms with Gasteiger partial charge in [-0.2, -0.15) is 0 Å². The summed E-state index contributed by atoms with van der Waals surface area (Å²) < 4.78 is 15.1. The highest BCUT2D eigenvalue weighted by Gasteiger charge is 2.15. The summed E-state index contributed by atoms with van der Waals surface area (Å²) in [7, 11) is 4.47. The maximum Gasteiger partial charge on any atom is 0.337 e. The van der Waals surface area contributed by atoms with Crippen LogP contribution in [-0.4, -0.2) is 27.3 Å². The molecule has 0 saturated carbocycles. The van der Waals surface area contributed by atoms with Gasteiger partial charge in [0.1, 0.15) is 0 Å². The second-order valence-corrected chi connectivity index (χ2v) is 3.22. The number of rotatable bonds is 4. The molecule has 4 nitrogen and oxygen atoms in total. The molecule has 0 aliphatic carbocycles. The van der Waals surface area contributed by atoms with Crippen molar-refractivity contribution in [1.29, 1.82) is 0 Å². The molecule has 0 spiro atoms. The maximum atomic E-state index is 11.4. The highest BCUT2D eigenvalue weighted by Crippen LogP contribution is 2.33. The van der Waals surface area contributed by atoms with Gasteiger partial charge in [-0.25, -0.2) is 4.79 Å². The third kappa shape index (κ3) is 2.27. The predicted octanol–water partition coefficient (Wildman–Crippen LogP) is 2.05. The monoisotopic (exact) mass is 224 g/mol. The fourth-order valence-corrected chi connectivity index (χ4v) is 1.54. The van der Waals surface area contributed by atoms with Crippen molar-refractivity contribution in [3.05, 3.63) is 23.3 Å². The summed E-state index contributed by atoms with van der Waals surface area (Å²) in [6, 6.07) is 3.37. The summed E-state index contributed by atoms with van der Waals surface area (Å²) in [4.78, 5) is 11.4. The van der Waals surface area contributed by atoms with Gasteiger partial charge in [0, 0.05) is 0 Å². The zero-order valence-corrected chi connectivity index (χ0v) is 9.99. The summed E-state index contributed by atoms with van der Waals surface area (Å²) in [5, 5.41) is 0. The van der Waals surface area contributed by atoms with Gasteiger partial charge in [-0.15, -0.1) is 0 Å². The van der Waals surface area contributed by atoms with Crippen LogP contribution < -0.4 is 9.47 Å². The number of esters is 1. The van der Waals surface area contributed by atoms with E-state index in [9.17, 15) is 4.79 Å². The lowest BCUT2D eigenvalue weighted by Gasteiger charge is -2.13. The van der Waals surface area contributed by atoms with Gasteiger partial charge in [0.15, 0.2) is 11.5 Å². The van der Waals surface area contributed by atoms with Gasteiger partial charge in [0.05, 0.1) is 26.9 Å². The average Bonchev–Trinajstić information content (AvgIpc) is 2.35. The molecule has 0 saturated heterocycles. The van der Waals surface area contributed by atoms with Gasteiger partial charge < -0.3 is 14.2 Å². The molecule has 0 heterocycles. The first-order valence-corrected chi connectivity index (χ1v) is 5.01. The Hall–Kier alpha value is -1.71. The Morgan fingerprint density at radius 2 is 1.88 bits per heavy atom. The van der Waals surface area contributed by atoms with Crippen LogP contribution in [0.15, 0.2) is 12.1 Å². The first kappa shape index (κ1) is 12.4. The molecule has 0 fully saturated rings. The zero-order valence-electron chi connectivity index (χ0n) is 9.99. The summed E-state index contributed by atoms with van der Waals surface area (Å²) >= 11 is 0. The van der Waals surface area contributed by atoms with Crippen molar-refractivity contribution in [3.8, 4) is 11.5 Å². The van der Waals surface area contributed by atoms with Gasteiger partial charge in [-0.05, 0) is 24.1 Å². The molecule has 16 heavy (non-hydrogen) atoms. The molecule has 1 rings (SSSR count). The molecule has 1 aromatic carbocycles. The number of hydrogen-bond acceptors (Lipinski definition) is 4. The second kappa shape index (κ2) is 5.39. The van der Waals surface area contributed by atoms with Crippen LogP contribution in [0.2, 0.25) is 0 Å².